The van der Waals surface area contributed by atoms with Crippen LogP contribution in [-0.4, -0.2) is 29.2 Å². The molecule has 0 radical (unpaired) electrons. The molecule has 1 atom stereocenters. The van der Waals surface area contributed by atoms with Crippen LogP contribution in [0.1, 0.15) is 60.7 Å². The zero-order chi connectivity index (χ0) is 21.0. The number of carboxylic acids is 1. The second kappa shape index (κ2) is 9.03. The lowest BCUT2D eigenvalue weighted by atomic mass is 9.91. The molecule has 1 amide bonds. The van der Waals surface area contributed by atoms with Crippen molar-refractivity contribution in [2.24, 2.45) is 16.8 Å². The molecule has 1 unspecified atom stereocenters. The lowest BCUT2D eigenvalue weighted by Crippen LogP contribution is -2.14. The van der Waals surface area contributed by atoms with Gasteiger partial charge in [-0.15, -0.1) is 0 Å². The highest BCUT2D eigenvalue weighted by Crippen LogP contribution is 2.26. The average molecular weight is 392 g/mol. The minimum atomic E-state index is -0.965. The van der Waals surface area contributed by atoms with Crippen molar-refractivity contribution in [1.29, 1.82) is 0 Å². The molecule has 0 saturated heterocycles. The summed E-state index contributed by atoms with van der Waals surface area (Å²) in [5.74, 6) is 0.171. The van der Waals surface area contributed by atoms with Crippen LogP contribution in [0.4, 0.5) is 5.69 Å². The summed E-state index contributed by atoms with van der Waals surface area (Å²) in [4.78, 5) is 27.8. The second-order valence-corrected chi connectivity index (χ2v) is 8.26. The topological polar surface area (TPSA) is 78.8 Å². The van der Waals surface area contributed by atoms with Crippen molar-refractivity contribution in [1.82, 2.24) is 0 Å². The Morgan fingerprint density at radius 3 is 2.48 bits per heavy atom. The number of carbonyl (C=O) groups excluding carboxylic acids is 1. The van der Waals surface area contributed by atoms with Gasteiger partial charge >= 0.3 is 5.97 Å². The van der Waals surface area contributed by atoms with Crippen molar-refractivity contribution < 1.29 is 14.7 Å². The summed E-state index contributed by atoms with van der Waals surface area (Å²) < 4.78 is 0. The normalized spacial score (nSPS) is 14.6. The fraction of sp³-hybridized carbons (Fsp3) is 0.375. The molecule has 0 spiro atoms. The lowest BCUT2D eigenvalue weighted by molar-refractivity contribution is -0.114. The number of hydrogen-bond donors (Lipinski definition) is 2. The van der Waals surface area contributed by atoms with Gasteiger partial charge in [-0.1, -0.05) is 57.9 Å². The van der Waals surface area contributed by atoms with Crippen molar-refractivity contribution in [3.8, 4) is 0 Å². The highest BCUT2D eigenvalue weighted by atomic mass is 16.4. The Labute approximate surface area is 171 Å². The smallest absolute Gasteiger partial charge is 0.335 e. The number of anilines is 1. The van der Waals surface area contributed by atoms with E-state index < -0.39 is 5.97 Å². The van der Waals surface area contributed by atoms with Gasteiger partial charge in [0.05, 0.1) is 17.0 Å². The van der Waals surface area contributed by atoms with Crippen molar-refractivity contribution in [3.63, 3.8) is 0 Å². The number of carbonyl (C=O) groups is 2. The number of amides is 1. The summed E-state index contributed by atoms with van der Waals surface area (Å²) in [6.07, 6.45) is 3.37. The lowest BCUT2D eigenvalue weighted by Gasteiger charge is -2.16. The number of rotatable bonds is 7. The van der Waals surface area contributed by atoms with E-state index in [0.717, 1.165) is 23.2 Å². The van der Waals surface area contributed by atoms with Crippen LogP contribution in [0.2, 0.25) is 0 Å². The van der Waals surface area contributed by atoms with Crippen LogP contribution >= 0.6 is 0 Å². The van der Waals surface area contributed by atoms with Crippen LogP contribution < -0.4 is 5.32 Å². The Hall–Kier alpha value is -2.95. The second-order valence-electron chi connectivity index (χ2n) is 8.26. The molecule has 0 bridgehead atoms. The fourth-order valence-corrected chi connectivity index (χ4v) is 3.59. The maximum atomic E-state index is 12.2. The third-order valence-corrected chi connectivity index (χ3v) is 5.22. The van der Waals surface area contributed by atoms with Gasteiger partial charge in [0, 0.05) is 11.1 Å². The molecule has 0 aliphatic carbocycles. The largest absolute Gasteiger partial charge is 0.478 e. The number of nitrogens with one attached hydrogen (secondary N) is 1. The van der Waals surface area contributed by atoms with Crippen molar-refractivity contribution >= 4 is 23.3 Å². The summed E-state index contributed by atoms with van der Waals surface area (Å²) >= 11 is 0. The molecule has 1 aliphatic heterocycles. The van der Waals surface area contributed by atoms with Crippen molar-refractivity contribution in [3.05, 3.63) is 64.7 Å². The standard InChI is InChI=1S/C24H28N2O3/c1-15(2)4-5-16(3)12-17-6-11-20-21(13-17)26-22(27)14-25-23(20)18-7-9-19(10-8-18)24(28)29/h6-11,13,15-16H,4-5,12,14H2,1-3H3,(H,26,27)(H,28,29). The SMILES string of the molecule is CC(C)CCC(C)Cc1ccc2c(c1)NC(=O)CN=C2c1ccc(C(=O)O)cc1. The molecule has 29 heavy (non-hydrogen) atoms. The highest BCUT2D eigenvalue weighted by Gasteiger charge is 2.19. The van der Waals surface area contributed by atoms with E-state index in [2.05, 4.69) is 37.1 Å². The number of hydrogen-bond acceptors (Lipinski definition) is 3. The summed E-state index contributed by atoms with van der Waals surface area (Å²) in [6.45, 7) is 6.80. The minimum Gasteiger partial charge on any atom is -0.478 e. The first-order valence-electron chi connectivity index (χ1n) is 10.1. The van der Waals surface area contributed by atoms with E-state index in [9.17, 15) is 9.59 Å². The van der Waals surface area contributed by atoms with Gasteiger partial charge in [-0.05, 0) is 42.0 Å². The van der Waals surface area contributed by atoms with Gasteiger partial charge in [0.15, 0.2) is 0 Å². The number of aliphatic imine (C=N–C) groups is 1. The van der Waals surface area contributed by atoms with E-state index in [1.165, 1.54) is 18.4 Å². The number of benzodiazepines with no additional fused rings is 1. The first kappa shape index (κ1) is 20.8. The first-order valence-corrected chi connectivity index (χ1v) is 10.1. The molecular weight excluding hydrogens is 364 g/mol. The van der Waals surface area contributed by atoms with Gasteiger partial charge in [0.25, 0.3) is 0 Å². The van der Waals surface area contributed by atoms with Gasteiger partial charge in [0.2, 0.25) is 5.91 Å². The maximum absolute atomic E-state index is 12.2. The summed E-state index contributed by atoms with van der Waals surface area (Å²) in [5.41, 5.74) is 4.55. The van der Waals surface area contributed by atoms with Crippen LogP contribution in [0.3, 0.4) is 0 Å². The average Bonchev–Trinajstić information content (AvgIpc) is 2.84. The third-order valence-electron chi connectivity index (χ3n) is 5.22. The van der Waals surface area contributed by atoms with E-state index in [4.69, 9.17) is 5.11 Å². The molecule has 0 aromatic heterocycles. The predicted molar refractivity (Wildman–Crippen MR) is 116 cm³/mol. The predicted octanol–water partition coefficient (Wildman–Crippen LogP) is 4.79. The summed E-state index contributed by atoms with van der Waals surface area (Å²) in [6, 6.07) is 12.8. The van der Waals surface area contributed by atoms with Crippen LogP contribution in [0.15, 0.2) is 47.5 Å². The van der Waals surface area contributed by atoms with Crippen molar-refractivity contribution in [2.45, 2.75) is 40.0 Å². The molecule has 3 rings (SSSR count). The van der Waals surface area contributed by atoms with E-state index in [1.807, 2.05) is 12.1 Å². The van der Waals surface area contributed by atoms with Gasteiger partial charge in [-0.25, -0.2) is 4.79 Å². The van der Waals surface area contributed by atoms with E-state index in [-0.39, 0.29) is 18.0 Å². The zero-order valence-corrected chi connectivity index (χ0v) is 17.2. The summed E-state index contributed by atoms with van der Waals surface area (Å²) in [7, 11) is 0. The van der Waals surface area contributed by atoms with Gasteiger partial charge in [-0.3, -0.25) is 9.79 Å². The fourth-order valence-electron chi connectivity index (χ4n) is 3.59. The molecular formula is C24H28N2O3. The van der Waals surface area contributed by atoms with Crippen molar-refractivity contribution in [2.75, 3.05) is 11.9 Å². The minimum absolute atomic E-state index is 0.0464. The molecule has 0 fully saturated rings. The Kier molecular flexibility index (Phi) is 6.47. The highest BCUT2D eigenvalue weighted by molar-refractivity contribution is 6.19. The Morgan fingerprint density at radius 2 is 1.83 bits per heavy atom. The maximum Gasteiger partial charge on any atom is 0.335 e. The van der Waals surface area contributed by atoms with Crippen LogP contribution in [0.25, 0.3) is 0 Å². The number of fused-ring (bicyclic) bond motifs is 1. The van der Waals surface area contributed by atoms with Crippen LogP contribution in [0.5, 0.6) is 0 Å². The number of nitrogens with zero attached hydrogens (tertiary/aromatic N) is 1. The molecule has 152 valence electrons. The van der Waals surface area contributed by atoms with Crippen LogP contribution in [0, 0.1) is 11.8 Å². The summed E-state index contributed by atoms with van der Waals surface area (Å²) in [5, 5.41) is 12.1. The van der Waals surface area contributed by atoms with E-state index in [1.54, 1.807) is 24.3 Å². The zero-order valence-electron chi connectivity index (χ0n) is 17.2. The van der Waals surface area contributed by atoms with Gasteiger partial charge < -0.3 is 10.4 Å². The number of carboxylic acid groups (broad SMARTS) is 1. The molecule has 0 saturated carbocycles. The number of aromatic carboxylic acids is 1. The van der Waals surface area contributed by atoms with Gasteiger partial charge in [-0.2, -0.15) is 0 Å². The number of benzene rings is 2. The first-order chi connectivity index (χ1) is 13.8. The molecule has 2 aromatic carbocycles. The molecule has 2 aromatic rings. The van der Waals surface area contributed by atoms with E-state index >= 15 is 0 Å². The molecule has 2 N–H and O–H groups in total. The molecule has 1 aliphatic rings. The molecule has 1 heterocycles. The van der Waals surface area contributed by atoms with Gasteiger partial charge in [0.1, 0.15) is 6.54 Å². The Bertz CT molecular complexity index is 930. The Balaban J connectivity index is 1.87. The Morgan fingerprint density at radius 1 is 1.10 bits per heavy atom. The quantitative estimate of drug-likeness (QED) is 0.711. The third kappa shape index (κ3) is 5.31. The molecule has 5 heteroatoms. The van der Waals surface area contributed by atoms with E-state index in [0.29, 0.717) is 17.5 Å². The van der Waals surface area contributed by atoms with Crippen LogP contribution in [-0.2, 0) is 11.2 Å². The molecule has 5 nitrogen and oxygen atoms in total. The monoisotopic (exact) mass is 392 g/mol.